The van der Waals surface area contributed by atoms with Crippen LogP contribution in [0.1, 0.15) is 41.5 Å². The monoisotopic (exact) mass is 441 g/mol. The second kappa shape index (κ2) is 17.7. The third-order valence-corrected chi connectivity index (χ3v) is 3.10. The molecule has 0 heterocycles. The molecule has 0 aromatic rings. The number of hydrogen-bond acceptors (Lipinski definition) is 9. The summed E-state index contributed by atoms with van der Waals surface area (Å²) in [5.41, 5.74) is 0.620. The predicted molar refractivity (Wildman–Crippen MR) is 116 cm³/mol. The van der Waals surface area contributed by atoms with Crippen molar-refractivity contribution in [1.29, 1.82) is 0 Å². The van der Waals surface area contributed by atoms with Gasteiger partial charge in [0, 0.05) is 20.3 Å². The standard InChI is InChI=1S/C13H21NO4.C9H14O4/c1-6-17-12(15)11(13(16)18-7-2)8-10(3)9-14(4)5;1-4-7(8(10)12-5-2)9(11)13-6-3/h8-9H,6-7H2,1-5H3;4H,5-6H2,1-3H3/b10-9+;. The van der Waals surface area contributed by atoms with Crippen molar-refractivity contribution in [3.05, 3.63) is 35.1 Å². The van der Waals surface area contributed by atoms with Gasteiger partial charge in [0.2, 0.25) is 0 Å². The maximum atomic E-state index is 11.6. The summed E-state index contributed by atoms with van der Waals surface area (Å²) in [4.78, 5) is 47.3. The molecule has 31 heavy (non-hydrogen) atoms. The van der Waals surface area contributed by atoms with Crippen LogP contribution in [0.5, 0.6) is 0 Å². The molecule has 0 aromatic heterocycles. The fourth-order valence-electron chi connectivity index (χ4n) is 2.03. The predicted octanol–water partition coefficient (Wildman–Crippen LogP) is 2.56. The molecule has 0 saturated carbocycles. The molecular formula is C22H35NO8. The summed E-state index contributed by atoms with van der Waals surface area (Å²) >= 11 is 0. The smallest absolute Gasteiger partial charge is 0.345 e. The molecule has 0 aliphatic rings. The van der Waals surface area contributed by atoms with Gasteiger partial charge in [0.1, 0.15) is 11.1 Å². The van der Waals surface area contributed by atoms with Crippen LogP contribution in [-0.4, -0.2) is 69.3 Å². The Hall–Kier alpha value is -3.10. The normalized spacial score (nSPS) is 9.87. The first-order valence-electron chi connectivity index (χ1n) is 10.0. The quantitative estimate of drug-likeness (QED) is 0.126. The van der Waals surface area contributed by atoms with Crippen LogP contribution in [0.3, 0.4) is 0 Å². The summed E-state index contributed by atoms with van der Waals surface area (Å²) in [5.74, 6) is -2.60. The van der Waals surface area contributed by atoms with Crippen LogP contribution in [0.15, 0.2) is 35.1 Å². The molecule has 0 fully saturated rings. The Morgan fingerprint density at radius 2 is 1.00 bits per heavy atom. The highest BCUT2D eigenvalue weighted by molar-refractivity contribution is 6.14. The first-order chi connectivity index (χ1) is 14.6. The highest BCUT2D eigenvalue weighted by Gasteiger charge is 2.21. The lowest BCUT2D eigenvalue weighted by molar-refractivity contribution is -0.148. The van der Waals surface area contributed by atoms with Crippen LogP contribution in [0.4, 0.5) is 0 Å². The van der Waals surface area contributed by atoms with Gasteiger partial charge in [-0.15, -0.1) is 0 Å². The van der Waals surface area contributed by atoms with Gasteiger partial charge in [-0.2, -0.15) is 0 Å². The number of carbonyl (C=O) groups is 4. The number of nitrogens with zero attached hydrogens (tertiary/aromatic N) is 1. The van der Waals surface area contributed by atoms with Crippen molar-refractivity contribution in [2.45, 2.75) is 41.5 Å². The van der Waals surface area contributed by atoms with Crippen LogP contribution < -0.4 is 0 Å². The molecule has 0 aliphatic carbocycles. The maximum Gasteiger partial charge on any atom is 0.345 e. The minimum atomic E-state index is -0.664. The number of hydrogen-bond donors (Lipinski definition) is 0. The topological polar surface area (TPSA) is 108 Å². The number of rotatable bonds is 10. The average molecular weight is 442 g/mol. The van der Waals surface area contributed by atoms with Crippen molar-refractivity contribution in [3.8, 4) is 0 Å². The van der Waals surface area contributed by atoms with Crippen molar-refractivity contribution >= 4 is 23.9 Å². The fraction of sp³-hybridized carbons (Fsp3) is 0.545. The van der Waals surface area contributed by atoms with Crippen LogP contribution in [-0.2, 0) is 38.1 Å². The van der Waals surface area contributed by atoms with Crippen molar-refractivity contribution in [3.63, 3.8) is 0 Å². The summed E-state index contributed by atoms with van der Waals surface area (Å²) in [6, 6.07) is 0. The number of allylic oxidation sites excluding steroid dienone is 3. The first kappa shape index (κ1) is 30.1. The van der Waals surface area contributed by atoms with Crippen molar-refractivity contribution in [2.75, 3.05) is 40.5 Å². The Labute approximate surface area is 184 Å². The second-order valence-electron chi connectivity index (χ2n) is 5.98. The van der Waals surface area contributed by atoms with E-state index in [4.69, 9.17) is 9.47 Å². The molecule has 9 heteroatoms. The molecule has 0 rings (SSSR count). The van der Waals surface area contributed by atoms with E-state index in [1.54, 1.807) is 47.7 Å². The van der Waals surface area contributed by atoms with E-state index in [2.05, 4.69) is 9.47 Å². The Balaban J connectivity index is 0. The molecule has 0 amide bonds. The molecule has 0 N–H and O–H groups in total. The van der Waals surface area contributed by atoms with Crippen LogP contribution in [0.25, 0.3) is 0 Å². The third kappa shape index (κ3) is 13.7. The average Bonchev–Trinajstić information content (AvgIpc) is 2.67. The molecule has 176 valence electrons. The van der Waals surface area contributed by atoms with Gasteiger partial charge in [0.25, 0.3) is 0 Å². The Morgan fingerprint density at radius 1 is 0.677 bits per heavy atom. The Bertz CT molecular complexity index is 650. The van der Waals surface area contributed by atoms with Gasteiger partial charge in [-0.25, -0.2) is 19.2 Å². The van der Waals surface area contributed by atoms with E-state index in [-0.39, 0.29) is 37.6 Å². The minimum absolute atomic E-state index is 0.0521. The van der Waals surface area contributed by atoms with E-state index < -0.39 is 23.9 Å². The number of ether oxygens (including phenoxy) is 4. The molecule has 0 atom stereocenters. The maximum absolute atomic E-state index is 11.6. The van der Waals surface area contributed by atoms with E-state index in [1.807, 2.05) is 19.0 Å². The van der Waals surface area contributed by atoms with Gasteiger partial charge in [0.05, 0.1) is 26.4 Å². The first-order valence-corrected chi connectivity index (χ1v) is 10.0. The number of esters is 4. The molecule has 0 aliphatic heterocycles. The van der Waals surface area contributed by atoms with Crippen molar-refractivity contribution in [2.24, 2.45) is 0 Å². The number of carbonyl (C=O) groups excluding carboxylic acids is 4. The molecule has 0 saturated heterocycles. The van der Waals surface area contributed by atoms with Crippen LogP contribution in [0.2, 0.25) is 0 Å². The lowest BCUT2D eigenvalue weighted by atomic mass is 10.2. The summed E-state index contributed by atoms with van der Waals surface area (Å²) in [7, 11) is 3.71. The van der Waals surface area contributed by atoms with Gasteiger partial charge in [-0.05, 0) is 53.2 Å². The summed E-state index contributed by atoms with van der Waals surface area (Å²) in [6.45, 7) is 11.0. The third-order valence-electron chi connectivity index (χ3n) is 3.10. The van der Waals surface area contributed by atoms with Gasteiger partial charge < -0.3 is 23.8 Å². The second-order valence-corrected chi connectivity index (χ2v) is 5.98. The van der Waals surface area contributed by atoms with E-state index in [0.29, 0.717) is 0 Å². The highest BCUT2D eigenvalue weighted by atomic mass is 16.6. The molecule has 0 spiro atoms. The van der Waals surface area contributed by atoms with Crippen molar-refractivity contribution in [1.82, 2.24) is 4.90 Å². The van der Waals surface area contributed by atoms with Gasteiger partial charge >= 0.3 is 23.9 Å². The molecule has 0 aromatic carbocycles. The Kier molecular flexibility index (Phi) is 17.2. The van der Waals surface area contributed by atoms with E-state index in [9.17, 15) is 19.2 Å². The molecular weight excluding hydrogens is 406 g/mol. The highest BCUT2D eigenvalue weighted by Crippen LogP contribution is 2.08. The molecule has 0 bridgehead atoms. The van der Waals surface area contributed by atoms with E-state index in [1.165, 1.54) is 12.2 Å². The zero-order chi connectivity index (χ0) is 24.4. The zero-order valence-electron chi connectivity index (χ0n) is 19.8. The largest absolute Gasteiger partial charge is 0.462 e. The van der Waals surface area contributed by atoms with Gasteiger partial charge in [0.15, 0.2) is 0 Å². The summed E-state index contributed by atoms with van der Waals surface area (Å²) in [6.07, 6.45) is 4.64. The van der Waals surface area contributed by atoms with Crippen molar-refractivity contribution < 1.29 is 38.1 Å². The lowest BCUT2D eigenvalue weighted by Crippen LogP contribution is -2.18. The molecule has 0 unspecified atom stereocenters. The fourth-order valence-corrected chi connectivity index (χ4v) is 2.03. The summed E-state index contributed by atoms with van der Waals surface area (Å²) in [5, 5.41) is 0. The Morgan fingerprint density at radius 3 is 1.26 bits per heavy atom. The van der Waals surface area contributed by atoms with Gasteiger partial charge in [-0.3, -0.25) is 0 Å². The lowest BCUT2D eigenvalue weighted by Gasteiger charge is -2.08. The van der Waals surface area contributed by atoms with Crippen LogP contribution >= 0.6 is 0 Å². The summed E-state index contributed by atoms with van der Waals surface area (Å²) < 4.78 is 19.0. The van der Waals surface area contributed by atoms with Crippen LogP contribution in [0, 0.1) is 0 Å². The van der Waals surface area contributed by atoms with Gasteiger partial charge in [-0.1, -0.05) is 6.08 Å². The molecule has 9 nitrogen and oxygen atoms in total. The zero-order valence-corrected chi connectivity index (χ0v) is 19.8. The molecule has 0 radical (unpaired) electrons. The van der Waals surface area contributed by atoms with E-state index in [0.717, 1.165) is 5.57 Å². The minimum Gasteiger partial charge on any atom is -0.462 e. The SMILES string of the molecule is CC=C(C(=O)OCC)C(=O)OCC.CCOC(=O)C(=C/C(C)=C/N(C)C)C(=O)OCC. The van der Waals surface area contributed by atoms with E-state index >= 15 is 0 Å².